The lowest BCUT2D eigenvalue weighted by Crippen LogP contribution is -2.19. The maximum Gasteiger partial charge on any atom is 0.217 e. The fourth-order valence-corrected chi connectivity index (χ4v) is 2.12. The van der Waals surface area contributed by atoms with Crippen molar-refractivity contribution in [2.45, 2.75) is 39.2 Å². The van der Waals surface area contributed by atoms with Crippen molar-refractivity contribution in [3.05, 3.63) is 34.9 Å². The Hall–Kier alpha value is -1.31. The predicted octanol–water partition coefficient (Wildman–Crippen LogP) is 2.20. The van der Waals surface area contributed by atoms with Crippen LogP contribution in [0.4, 0.5) is 0 Å². The highest BCUT2D eigenvalue weighted by molar-refractivity contribution is 5.72. The summed E-state index contributed by atoms with van der Waals surface area (Å²) in [7, 11) is 0. The molecule has 0 heterocycles. The molecule has 15 heavy (non-hydrogen) atoms. The monoisotopic (exact) mass is 203 g/mol. The molecule has 0 radical (unpaired) electrons. The van der Waals surface area contributed by atoms with Crippen LogP contribution >= 0.6 is 0 Å². The molecule has 1 aromatic carbocycles. The largest absolute Gasteiger partial charge is 0.352 e. The summed E-state index contributed by atoms with van der Waals surface area (Å²) in [5.41, 5.74) is 4.18. The zero-order valence-corrected chi connectivity index (χ0v) is 9.18. The SMILES string of the molecule is CC(=O)NCc1ccc2c(c1)CCCC2. The van der Waals surface area contributed by atoms with Gasteiger partial charge in [0.05, 0.1) is 0 Å². The van der Waals surface area contributed by atoms with E-state index in [1.54, 1.807) is 6.92 Å². The second-order valence-corrected chi connectivity index (χ2v) is 4.22. The molecule has 1 aliphatic carbocycles. The molecule has 1 N–H and O–H groups in total. The molecule has 2 nitrogen and oxygen atoms in total. The van der Waals surface area contributed by atoms with Crippen molar-refractivity contribution in [3.8, 4) is 0 Å². The molecular weight excluding hydrogens is 186 g/mol. The van der Waals surface area contributed by atoms with Crippen LogP contribution < -0.4 is 5.32 Å². The van der Waals surface area contributed by atoms with E-state index in [1.165, 1.54) is 42.4 Å². The number of fused-ring (bicyclic) bond motifs is 1. The summed E-state index contributed by atoms with van der Waals surface area (Å²) in [5.74, 6) is 0.0349. The van der Waals surface area contributed by atoms with Gasteiger partial charge in [0.2, 0.25) is 5.91 Å². The second-order valence-electron chi connectivity index (χ2n) is 4.22. The van der Waals surface area contributed by atoms with Crippen LogP contribution in [0.15, 0.2) is 18.2 Å². The van der Waals surface area contributed by atoms with Crippen LogP contribution in [-0.2, 0) is 24.2 Å². The fourth-order valence-electron chi connectivity index (χ4n) is 2.12. The third-order valence-corrected chi connectivity index (χ3v) is 2.95. The van der Waals surface area contributed by atoms with Crippen molar-refractivity contribution >= 4 is 5.91 Å². The fraction of sp³-hybridized carbons (Fsp3) is 0.462. The molecule has 0 saturated heterocycles. The van der Waals surface area contributed by atoms with E-state index < -0.39 is 0 Å². The topological polar surface area (TPSA) is 29.1 Å². The van der Waals surface area contributed by atoms with Crippen LogP contribution in [0.25, 0.3) is 0 Å². The lowest BCUT2D eigenvalue weighted by molar-refractivity contribution is -0.119. The minimum absolute atomic E-state index is 0.0349. The maximum atomic E-state index is 10.8. The van der Waals surface area contributed by atoms with E-state index in [2.05, 4.69) is 23.5 Å². The van der Waals surface area contributed by atoms with Crippen LogP contribution in [0.3, 0.4) is 0 Å². The van der Waals surface area contributed by atoms with E-state index in [0.717, 1.165) is 0 Å². The van der Waals surface area contributed by atoms with Crippen molar-refractivity contribution in [1.29, 1.82) is 0 Å². The zero-order chi connectivity index (χ0) is 10.7. The predicted molar refractivity (Wildman–Crippen MR) is 60.6 cm³/mol. The minimum atomic E-state index is 0.0349. The Labute approximate surface area is 90.7 Å². The highest BCUT2D eigenvalue weighted by atomic mass is 16.1. The number of amides is 1. The molecule has 0 aliphatic heterocycles. The van der Waals surface area contributed by atoms with Crippen LogP contribution in [0, 0.1) is 0 Å². The van der Waals surface area contributed by atoms with Gasteiger partial charge in [-0.15, -0.1) is 0 Å². The Morgan fingerprint density at radius 3 is 2.73 bits per heavy atom. The zero-order valence-electron chi connectivity index (χ0n) is 9.18. The Kier molecular flexibility index (Phi) is 3.05. The first-order valence-electron chi connectivity index (χ1n) is 5.61. The van der Waals surface area contributed by atoms with E-state index in [1.807, 2.05) is 0 Å². The number of aryl methyl sites for hydroxylation is 2. The maximum absolute atomic E-state index is 10.8. The van der Waals surface area contributed by atoms with Gasteiger partial charge in [-0.1, -0.05) is 18.2 Å². The normalized spacial score (nSPS) is 14.5. The molecule has 0 atom stereocenters. The van der Waals surface area contributed by atoms with Crippen molar-refractivity contribution in [2.24, 2.45) is 0 Å². The molecule has 0 unspecified atom stereocenters. The van der Waals surface area contributed by atoms with Crippen molar-refractivity contribution in [2.75, 3.05) is 0 Å². The standard InChI is InChI=1S/C13H17NO/c1-10(15)14-9-11-6-7-12-4-2-3-5-13(12)8-11/h6-8H,2-5,9H2,1H3,(H,14,15). The van der Waals surface area contributed by atoms with Gasteiger partial charge in [0.15, 0.2) is 0 Å². The minimum Gasteiger partial charge on any atom is -0.352 e. The van der Waals surface area contributed by atoms with Crippen LogP contribution in [0.2, 0.25) is 0 Å². The molecule has 0 aromatic heterocycles. The molecule has 2 heteroatoms. The number of carbonyl (C=O) groups excluding carboxylic acids is 1. The Morgan fingerprint density at radius 1 is 1.27 bits per heavy atom. The van der Waals surface area contributed by atoms with Gasteiger partial charge in [0.25, 0.3) is 0 Å². The van der Waals surface area contributed by atoms with Gasteiger partial charge in [0, 0.05) is 13.5 Å². The molecule has 0 saturated carbocycles. The molecule has 1 aromatic rings. The third-order valence-electron chi connectivity index (χ3n) is 2.95. The highest BCUT2D eigenvalue weighted by Gasteiger charge is 2.09. The van der Waals surface area contributed by atoms with Gasteiger partial charge in [-0.25, -0.2) is 0 Å². The summed E-state index contributed by atoms with van der Waals surface area (Å²) in [6.45, 7) is 2.21. The van der Waals surface area contributed by atoms with Gasteiger partial charge in [-0.2, -0.15) is 0 Å². The average Bonchev–Trinajstić information content (AvgIpc) is 2.26. The molecule has 0 spiro atoms. The van der Waals surface area contributed by atoms with Crippen LogP contribution in [0.5, 0.6) is 0 Å². The van der Waals surface area contributed by atoms with Gasteiger partial charge in [-0.3, -0.25) is 4.79 Å². The molecule has 2 rings (SSSR count). The van der Waals surface area contributed by atoms with E-state index in [9.17, 15) is 4.79 Å². The number of hydrogen-bond acceptors (Lipinski definition) is 1. The first-order chi connectivity index (χ1) is 7.25. The number of rotatable bonds is 2. The number of benzene rings is 1. The quantitative estimate of drug-likeness (QED) is 0.784. The number of carbonyl (C=O) groups is 1. The molecule has 1 amide bonds. The second kappa shape index (κ2) is 4.47. The summed E-state index contributed by atoms with van der Waals surface area (Å²) in [4.78, 5) is 10.8. The van der Waals surface area contributed by atoms with Gasteiger partial charge < -0.3 is 5.32 Å². The van der Waals surface area contributed by atoms with Gasteiger partial charge in [0.1, 0.15) is 0 Å². The number of hydrogen-bond donors (Lipinski definition) is 1. The smallest absolute Gasteiger partial charge is 0.217 e. The average molecular weight is 203 g/mol. The summed E-state index contributed by atoms with van der Waals surface area (Å²) in [5, 5.41) is 2.83. The summed E-state index contributed by atoms with van der Waals surface area (Å²) in [6.07, 6.45) is 5.04. The summed E-state index contributed by atoms with van der Waals surface area (Å²) >= 11 is 0. The summed E-state index contributed by atoms with van der Waals surface area (Å²) < 4.78 is 0. The van der Waals surface area contributed by atoms with Gasteiger partial charge in [-0.05, 0) is 42.4 Å². The molecule has 1 aliphatic rings. The lowest BCUT2D eigenvalue weighted by Gasteiger charge is -2.16. The summed E-state index contributed by atoms with van der Waals surface area (Å²) in [6, 6.07) is 6.58. The third kappa shape index (κ3) is 2.58. The van der Waals surface area contributed by atoms with Crippen molar-refractivity contribution < 1.29 is 4.79 Å². The molecule has 0 fully saturated rings. The Balaban J connectivity index is 2.10. The van der Waals surface area contributed by atoms with E-state index in [0.29, 0.717) is 6.54 Å². The first-order valence-corrected chi connectivity index (χ1v) is 5.61. The lowest BCUT2D eigenvalue weighted by atomic mass is 9.90. The molecule has 80 valence electrons. The van der Waals surface area contributed by atoms with E-state index in [4.69, 9.17) is 0 Å². The Morgan fingerprint density at radius 2 is 2.00 bits per heavy atom. The highest BCUT2D eigenvalue weighted by Crippen LogP contribution is 2.22. The number of nitrogens with one attached hydrogen (secondary N) is 1. The molecular formula is C13H17NO. The van der Waals surface area contributed by atoms with E-state index in [-0.39, 0.29) is 5.91 Å². The van der Waals surface area contributed by atoms with E-state index >= 15 is 0 Å². The van der Waals surface area contributed by atoms with Crippen molar-refractivity contribution in [3.63, 3.8) is 0 Å². The van der Waals surface area contributed by atoms with Crippen LogP contribution in [-0.4, -0.2) is 5.91 Å². The van der Waals surface area contributed by atoms with Crippen LogP contribution in [0.1, 0.15) is 36.5 Å². The van der Waals surface area contributed by atoms with Gasteiger partial charge >= 0.3 is 0 Å². The van der Waals surface area contributed by atoms with Crippen molar-refractivity contribution in [1.82, 2.24) is 5.32 Å². The molecule has 0 bridgehead atoms. The Bertz CT molecular complexity index is 371. The first kappa shape index (κ1) is 10.2.